The zero-order valence-corrected chi connectivity index (χ0v) is 12.2. The second-order valence-electron chi connectivity index (χ2n) is 5.29. The van der Waals surface area contributed by atoms with Crippen molar-refractivity contribution >= 4 is 17.5 Å². The average molecular weight is 291 g/mol. The molecule has 6 heteroatoms. The summed E-state index contributed by atoms with van der Waals surface area (Å²) in [5, 5.41) is 0. The molecule has 0 heterocycles. The Bertz CT molecular complexity index is 539. The number of ether oxygens (including phenoxy) is 1. The minimum Gasteiger partial charge on any atom is -0.495 e. The van der Waals surface area contributed by atoms with Crippen molar-refractivity contribution in [1.82, 2.24) is 4.90 Å². The van der Waals surface area contributed by atoms with Crippen molar-refractivity contribution in [3.63, 3.8) is 0 Å². The van der Waals surface area contributed by atoms with E-state index in [-0.39, 0.29) is 18.5 Å². The van der Waals surface area contributed by atoms with Crippen LogP contribution in [0.3, 0.4) is 0 Å². The average Bonchev–Trinajstić information content (AvgIpc) is 2.97. The summed E-state index contributed by atoms with van der Waals surface area (Å²) in [6.45, 7) is -0.0601. The van der Waals surface area contributed by atoms with E-state index in [4.69, 9.17) is 16.2 Å². The van der Waals surface area contributed by atoms with Gasteiger partial charge in [-0.1, -0.05) is 12.8 Å². The maximum Gasteiger partial charge on any atom is 0.254 e. The van der Waals surface area contributed by atoms with Crippen LogP contribution in [0.1, 0.15) is 36.0 Å². The van der Waals surface area contributed by atoms with Crippen LogP contribution in [-0.4, -0.2) is 36.4 Å². The standard InChI is InChI=1S/C15H21N3O3/c1-21-13-7-6-10(8-12(13)16)15(20)18(9-14(17)19)11-4-2-3-5-11/h6-8,11H,2-5,9,16H2,1H3,(H2,17,19). The number of methoxy groups -OCH3 is 1. The first-order chi connectivity index (χ1) is 10.0. The van der Waals surface area contributed by atoms with Crippen LogP contribution in [0.15, 0.2) is 18.2 Å². The molecule has 1 aromatic carbocycles. The van der Waals surface area contributed by atoms with Crippen LogP contribution in [0.4, 0.5) is 5.69 Å². The third kappa shape index (κ3) is 3.45. The van der Waals surface area contributed by atoms with Gasteiger partial charge in [-0.2, -0.15) is 0 Å². The van der Waals surface area contributed by atoms with Crippen LogP contribution in [0.5, 0.6) is 5.75 Å². The Morgan fingerprint density at radius 3 is 2.52 bits per heavy atom. The SMILES string of the molecule is COc1ccc(C(=O)N(CC(N)=O)C2CCCC2)cc1N. The number of hydrogen-bond acceptors (Lipinski definition) is 4. The quantitative estimate of drug-likeness (QED) is 0.795. The Kier molecular flexibility index (Phi) is 4.67. The Balaban J connectivity index is 2.24. The van der Waals surface area contributed by atoms with Crippen LogP contribution in [0, 0.1) is 0 Å². The molecule has 0 radical (unpaired) electrons. The highest BCUT2D eigenvalue weighted by atomic mass is 16.5. The number of nitrogens with two attached hydrogens (primary N) is 2. The number of nitrogens with zero attached hydrogens (tertiary/aromatic N) is 1. The van der Waals surface area contributed by atoms with Gasteiger partial charge < -0.3 is 21.1 Å². The van der Waals surface area contributed by atoms with Crippen molar-refractivity contribution in [2.45, 2.75) is 31.7 Å². The van der Waals surface area contributed by atoms with Crippen LogP contribution < -0.4 is 16.2 Å². The fraction of sp³-hybridized carbons (Fsp3) is 0.467. The summed E-state index contributed by atoms with van der Waals surface area (Å²) in [5.74, 6) is -0.194. The second kappa shape index (κ2) is 6.47. The molecule has 0 saturated heterocycles. The zero-order valence-electron chi connectivity index (χ0n) is 12.2. The molecule has 4 N–H and O–H groups in total. The molecule has 0 bridgehead atoms. The third-order valence-electron chi connectivity index (χ3n) is 3.83. The monoisotopic (exact) mass is 291 g/mol. The number of amides is 2. The molecule has 0 aliphatic heterocycles. The van der Waals surface area contributed by atoms with Gasteiger partial charge in [-0.05, 0) is 31.0 Å². The molecule has 0 atom stereocenters. The molecule has 0 aromatic heterocycles. The van der Waals surface area contributed by atoms with Gasteiger partial charge in [0.05, 0.1) is 19.3 Å². The minimum absolute atomic E-state index is 0.0601. The number of anilines is 1. The first-order valence-corrected chi connectivity index (χ1v) is 7.05. The Morgan fingerprint density at radius 1 is 1.33 bits per heavy atom. The summed E-state index contributed by atoms with van der Waals surface area (Å²) >= 11 is 0. The number of carbonyl (C=O) groups excluding carboxylic acids is 2. The summed E-state index contributed by atoms with van der Waals surface area (Å²) in [4.78, 5) is 25.5. The predicted octanol–water partition coefficient (Wildman–Crippen LogP) is 1.15. The van der Waals surface area contributed by atoms with Crippen molar-refractivity contribution in [2.75, 3.05) is 19.4 Å². The molecule has 2 amide bonds. The molecule has 1 aliphatic carbocycles. The van der Waals surface area contributed by atoms with Crippen molar-refractivity contribution < 1.29 is 14.3 Å². The van der Waals surface area contributed by atoms with E-state index in [0.29, 0.717) is 17.0 Å². The molecule has 21 heavy (non-hydrogen) atoms. The lowest BCUT2D eigenvalue weighted by atomic mass is 10.1. The normalized spacial score (nSPS) is 14.9. The molecule has 1 aromatic rings. The summed E-state index contributed by atoms with van der Waals surface area (Å²) in [6.07, 6.45) is 3.95. The van der Waals surface area contributed by atoms with Gasteiger partial charge in [-0.3, -0.25) is 9.59 Å². The highest BCUT2D eigenvalue weighted by Crippen LogP contribution is 2.27. The fourth-order valence-electron chi connectivity index (χ4n) is 2.78. The van der Waals surface area contributed by atoms with E-state index in [9.17, 15) is 9.59 Å². The van der Waals surface area contributed by atoms with Crippen LogP contribution in [0.25, 0.3) is 0 Å². The van der Waals surface area contributed by atoms with Gasteiger partial charge >= 0.3 is 0 Å². The van der Waals surface area contributed by atoms with E-state index in [1.54, 1.807) is 23.1 Å². The van der Waals surface area contributed by atoms with Crippen LogP contribution in [0.2, 0.25) is 0 Å². The molecule has 114 valence electrons. The van der Waals surface area contributed by atoms with E-state index in [1.165, 1.54) is 7.11 Å². The summed E-state index contributed by atoms with van der Waals surface area (Å²) in [6, 6.07) is 4.96. The predicted molar refractivity (Wildman–Crippen MR) is 79.9 cm³/mol. The summed E-state index contributed by atoms with van der Waals surface area (Å²) in [5.41, 5.74) is 12.0. The molecule has 6 nitrogen and oxygen atoms in total. The van der Waals surface area contributed by atoms with Gasteiger partial charge in [0.2, 0.25) is 5.91 Å². The molecular weight excluding hydrogens is 270 g/mol. The minimum atomic E-state index is -0.503. The van der Waals surface area contributed by atoms with Crippen molar-refractivity contribution in [2.24, 2.45) is 5.73 Å². The highest BCUT2D eigenvalue weighted by molar-refractivity contribution is 5.97. The largest absolute Gasteiger partial charge is 0.495 e. The molecule has 0 spiro atoms. The summed E-state index contributed by atoms with van der Waals surface area (Å²) < 4.78 is 5.08. The van der Waals surface area contributed by atoms with Crippen LogP contribution >= 0.6 is 0 Å². The van der Waals surface area contributed by atoms with Crippen LogP contribution in [-0.2, 0) is 4.79 Å². The topological polar surface area (TPSA) is 98.6 Å². The number of benzene rings is 1. The zero-order chi connectivity index (χ0) is 15.4. The first kappa shape index (κ1) is 15.2. The number of nitrogen functional groups attached to an aromatic ring is 1. The van der Waals surface area contributed by atoms with E-state index in [1.807, 2.05) is 0 Å². The van der Waals surface area contributed by atoms with Gasteiger partial charge in [-0.15, -0.1) is 0 Å². The lowest BCUT2D eigenvalue weighted by molar-refractivity contribution is -0.119. The molecular formula is C15H21N3O3. The van der Waals surface area contributed by atoms with Gasteiger partial charge in [-0.25, -0.2) is 0 Å². The first-order valence-electron chi connectivity index (χ1n) is 7.05. The van der Waals surface area contributed by atoms with Crippen molar-refractivity contribution in [3.05, 3.63) is 23.8 Å². The molecule has 1 saturated carbocycles. The number of primary amides is 1. The Morgan fingerprint density at radius 2 is 2.00 bits per heavy atom. The van der Waals surface area contributed by atoms with Crippen molar-refractivity contribution in [3.8, 4) is 5.75 Å². The maximum absolute atomic E-state index is 12.6. The smallest absolute Gasteiger partial charge is 0.254 e. The Hall–Kier alpha value is -2.24. The van der Waals surface area contributed by atoms with E-state index in [0.717, 1.165) is 25.7 Å². The van der Waals surface area contributed by atoms with E-state index < -0.39 is 5.91 Å². The number of carbonyl (C=O) groups is 2. The highest BCUT2D eigenvalue weighted by Gasteiger charge is 2.28. The van der Waals surface area contributed by atoms with Gasteiger partial charge in [0.15, 0.2) is 0 Å². The van der Waals surface area contributed by atoms with Gasteiger partial charge in [0.25, 0.3) is 5.91 Å². The second-order valence-corrected chi connectivity index (χ2v) is 5.29. The lowest BCUT2D eigenvalue weighted by Crippen LogP contribution is -2.44. The molecule has 2 rings (SSSR count). The fourth-order valence-corrected chi connectivity index (χ4v) is 2.78. The molecule has 1 aliphatic rings. The number of rotatable bonds is 5. The Labute approximate surface area is 124 Å². The van der Waals surface area contributed by atoms with Crippen molar-refractivity contribution in [1.29, 1.82) is 0 Å². The van der Waals surface area contributed by atoms with E-state index >= 15 is 0 Å². The summed E-state index contributed by atoms with van der Waals surface area (Å²) in [7, 11) is 1.52. The van der Waals surface area contributed by atoms with E-state index in [2.05, 4.69) is 0 Å². The number of hydrogen-bond donors (Lipinski definition) is 2. The molecule has 0 unspecified atom stereocenters. The molecule has 1 fully saturated rings. The van der Waals surface area contributed by atoms with Gasteiger partial charge in [0.1, 0.15) is 5.75 Å². The third-order valence-corrected chi connectivity index (χ3v) is 3.83. The lowest BCUT2D eigenvalue weighted by Gasteiger charge is -2.28. The maximum atomic E-state index is 12.6. The van der Waals surface area contributed by atoms with Gasteiger partial charge in [0, 0.05) is 11.6 Å².